The van der Waals surface area contributed by atoms with E-state index in [1.165, 1.54) is 24.3 Å². The Kier molecular flexibility index (Phi) is 6.72. The van der Waals surface area contributed by atoms with Gasteiger partial charge in [0.05, 0.1) is 5.39 Å². The molecule has 0 fully saturated rings. The Morgan fingerprint density at radius 1 is 1.07 bits per heavy atom. The lowest BCUT2D eigenvalue weighted by molar-refractivity contribution is -0.274. The largest absolute Gasteiger partial charge is 0.573 e. The van der Waals surface area contributed by atoms with Crippen molar-refractivity contribution in [3.8, 4) is 5.75 Å². The molecule has 0 atom stereocenters. The second-order valence-electron chi connectivity index (χ2n) is 6.18. The second kappa shape index (κ2) is 9.44. The molecule has 11 heteroatoms. The Morgan fingerprint density at radius 2 is 1.77 bits per heavy atom. The molecule has 0 aliphatic carbocycles. The van der Waals surface area contributed by atoms with Crippen LogP contribution in [0, 0.1) is 0 Å². The molecular formula is C19H18F3N5O2S. The molecule has 0 spiro atoms. The van der Waals surface area contributed by atoms with E-state index in [4.69, 9.17) is 12.2 Å². The van der Waals surface area contributed by atoms with Crippen molar-refractivity contribution in [1.29, 1.82) is 0 Å². The number of nitrogens with zero attached hydrogens (tertiary/aromatic N) is 1. The third-order valence-corrected chi connectivity index (χ3v) is 4.22. The number of halogens is 3. The molecule has 7 nitrogen and oxygen atoms in total. The molecule has 1 aromatic heterocycles. The number of aromatic amines is 1. The van der Waals surface area contributed by atoms with Crippen LogP contribution in [0.1, 0.15) is 6.42 Å². The zero-order valence-corrected chi connectivity index (χ0v) is 16.4. The van der Waals surface area contributed by atoms with Crippen LogP contribution in [0.4, 0.5) is 24.7 Å². The number of fused-ring (bicyclic) bond motifs is 1. The first kappa shape index (κ1) is 21.4. The summed E-state index contributed by atoms with van der Waals surface area (Å²) in [7, 11) is 0. The van der Waals surface area contributed by atoms with Gasteiger partial charge in [0, 0.05) is 24.2 Å². The lowest BCUT2D eigenvalue weighted by Gasteiger charge is -2.12. The lowest BCUT2D eigenvalue weighted by Crippen LogP contribution is -2.30. The standard InChI is InChI=1S/C19H18F3N5O2S/c20-19(21,22)29-13-8-6-12(7-9-13)25-18(30)24-11-3-10-23-16-14-4-1-2-5-15(14)17(28)27-26-16/h1-2,4-9H,3,10-11H2,(H,23,26)(H,27,28)(H2,24,25,30). The summed E-state index contributed by atoms with van der Waals surface area (Å²) in [4.78, 5) is 11.8. The van der Waals surface area contributed by atoms with Crippen LogP contribution in [0.15, 0.2) is 53.3 Å². The number of rotatable bonds is 7. The monoisotopic (exact) mass is 437 g/mol. The number of anilines is 2. The zero-order valence-electron chi connectivity index (χ0n) is 15.5. The molecule has 1 heterocycles. The van der Waals surface area contributed by atoms with E-state index in [2.05, 4.69) is 30.9 Å². The van der Waals surface area contributed by atoms with Crippen molar-refractivity contribution in [2.75, 3.05) is 23.7 Å². The van der Waals surface area contributed by atoms with Crippen molar-refractivity contribution in [3.63, 3.8) is 0 Å². The molecular weight excluding hydrogens is 419 g/mol. The molecule has 0 aliphatic heterocycles. The van der Waals surface area contributed by atoms with Crippen molar-refractivity contribution in [2.45, 2.75) is 12.8 Å². The highest BCUT2D eigenvalue weighted by Crippen LogP contribution is 2.23. The molecule has 30 heavy (non-hydrogen) atoms. The van der Waals surface area contributed by atoms with Gasteiger partial charge in [-0.1, -0.05) is 18.2 Å². The van der Waals surface area contributed by atoms with Crippen LogP contribution in [-0.2, 0) is 0 Å². The highest BCUT2D eigenvalue weighted by Gasteiger charge is 2.30. The van der Waals surface area contributed by atoms with Crippen LogP contribution in [-0.4, -0.2) is 34.8 Å². The molecule has 0 saturated heterocycles. The fourth-order valence-electron chi connectivity index (χ4n) is 2.66. The topological polar surface area (TPSA) is 91.1 Å². The minimum Gasteiger partial charge on any atom is -0.406 e. The molecule has 0 saturated carbocycles. The third kappa shape index (κ3) is 6.08. The van der Waals surface area contributed by atoms with Crippen LogP contribution < -0.4 is 26.2 Å². The number of alkyl halides is 3. The predicted octanol–water partition coefficient (Wildman–Crippen LogP) is 3.61. The van der Waals surface area contributed by atoms with Gasteiger partial charge < -0.3 is 20.7 Å². The van der Waals surface area contributed by atoms with E-state index < -0.39 is 6.36 Å². The minimum absolute atomic E-state index is 0.243. The van der Waals surface area contributed by atoms with Gasteiger partial charge in [-0.15, -0.1) is 13.2 Å². The van der Waals surface area contributed by atoms with Gasteiger partial charge in [0.25, 0.3) is 5.56 Å². The van der Waals surface area contributed by atoms with E-state index in [0.717, 1.165) is 5.39 Å². The molecule has 0 amide bonds. The van der Waals surface area contributed by atoms with Gasteiger partial charge in [-0.25, -0.2) is 5.10 Å². The Hall–Kier alpha value is -3.34. The van der Waals surface area contributed by atoms with E-state index in [0.29, 0.717) is 41.5 Å². The fraction of sp³-hybridized carbons (Fsp3) is 0.211. The van der Waals surface area contributed by atoms with E-state index in [1.54, 1.807) is 12.1 Å². The molecule has 4 N–H and O–H groups in total. The van der Waals surface area contributed by atoms with Gasteiger partial charge >= 0.3 is 6.36 Å². The number of benzene rings is 2. The summed E-state index contributed by atoms with van der Waals surface area (Å²) in [5.74, 6) is 0.286. The summed E-state index contributed by atoms with van der Waals surface area (Å²) in [6, 6.07) is 12.4. The number of thiocarbonyl (C=S) groups is 1. The van der Waals surface area contributed by atoms with Crippen LogP contribution in [0.3, 0.4) is 0 Å². The quantitative estimate of drug-likeness (QED) is 0.332. The van der Waals surface area contributed by atoms with E-state index >= 15 is 0 Å². The normalized spacial score (nSPS) is 11.2. The number of aromatic nitrogens is 2. The van der Waals surface area contributed by atoms with Crippen molar-refractivity contribution >= 4 is 39.6 Å². The molecule has 158 valence electrons. The van der Waals surface area contributed by atoms with Gasteiger partial charge in [0.15, 0.2) is 10.9 Å². The van der Waals surface area contributed by atoms with E-state index in [9.17, 15) is 18.0 Å². The van der Waals surface area contributed by atoms with Crippen molar-refractivity contribution in [2.24, 2.45) is 0 Å². The maximum absolute atomic E-state index is 12.2. The van der Waals surface area contributed by atoms with Gasteiger partial charge in [0.1, 0.15) is 5.75 Å². The highest BCUT2D eigenvalue weighted by atomic mass is 32.1. The Morgan fingerprint density at radius 3 is 2.47 bits per heavy atom. The summed E-state index contributed by atoms with van der Waals surface area (Å²) in [6.07, 6.45) is -4.02. The first-order valence-electron chi connectivity index (χ1n) is 8.94. The Bertz CT molecular complexity index is 1070. The second-order valence-corrected chi connectivity index (χ2v) is 6.59. The zero-order chi connectivity index (χ0) is 21.6. The molecule has 0 aliphatic rings. The first-order chi connectivity index (χ1) is 14.3. The minimum atomic E-state index is -4.73. The highest BCUT2D eigenvalue weighted by molar-refractivity contribution is 7.80. The average Bonchev–Trinajstić information content (AvgIpc) is 2.70. The smallest absolute Gasteiger partial charge is 0.406 e. The first-order valence-corrected chi connectivity index (χ1v) is 9.34. The summed E-state index contributed by atoms with van der Waals surface area (Å²) < 4.78 is 40.3. The molecule has 3 aromatic rings. The molecule has 0 bridgehead atoms. The molecule has 3 rings (SSSR count). The Labute approximate surface area is 174 Å². The van der Waals surface area contributed by atoms with Crippen LogP contribution >= 0.6 is 12.2 Å². The number of hydrogen-bond donors (Lipinski definition) is 4. The van der Waals surface area contributed by atoms with E-state index in [1.807, 2.05) is 12.1 Å². The number of nitrogens with one attached hydrogen (secondary N) is 4. The summed E-state index contributed by atoms with van der Waals surface area (Å²) in [5, 5.41) is 17.2. The predicted molar refractivity (Wildman–Crippen MR) is 113 cm³/mol. The number of hydrogen-bond acceptors (Lipinski definition) is 5. The molecule has 0 radical (unpaired) electrons. The molecule has 2 aromatic carbocycles. The summed E-state index contributed by atoms with van der Waals surface area (Å²) in [6.45, 7) is 1.14. The van der Waals surface area contributed by atoms with Crippen molar-refractivity contribution in [3.05, 3.63) is 58.9 Å². The van der Waals surface area contributed by atoms with Crippen LogP contribution in [0.25, 0.3) is 10.8 Å². The Balaban J connectivity index is 1.41. The fourth-order valence-corrected chi connectivity index (χ4v) is 2.88. The average molecular weight is 437 g/mol. The van der Waals surface area contributed by atoms with Gasteiger partial charge in [-0.3, -0.25) is 4.79 Å². The third-order valence-electron chi connectivity index (χ3n) is 3.97. The van der Waals surface area contributed by atoms with E-state index in [-0.39, 0.29) is 11.3 Å². The summed E-state index contributed by atoms with van der Waals surface area (Å²) in [5.41, 5.74) is 0.288. The van der Waals surface area contributed by atoms with Crippen LogP contribution in [0.5, 0.6) is 5.75 Å². The summed E-state index contributed by atoms with van der Waals surface area (Å²) >= 11 is 5.17. The van der Waals surface area contributed by atoms with Crippen molar-refractivity contribution < 1.29 is 17.9 Å². The SMILES string of the molecule is O=c1[nH]nc(NCCCNC(=S)Nc2ccc(OC(F)(F)F)cc2)c2ccccc12. The lowest BCUT2D eigenvalue weighted by atomic mass is 10.2. The number of ether oxygens (including phenoxy) is 1. The van der Waals surface area contributed by atoms with Crippen molar-refractivity contribution in [1.82, 2.24) is 15.5 Å². The number of H-pyrrole nitrogens is 1. The van der Waals surface area contributed by atoms with Gasteiger partial charge in [-0.05, 0) is 49.0 Å². The van der Waals surface area contributed by atoms with Gasteiger partial charge in [0.2, 0.25) is 0 Å². The molecule has 0 unspecified atom stereocenters. The maximum atomic E-state index is 12.2. The van der Waals surface area contributed by atoms with Gasteiger partial charge in [-0.2, -0.15) is 5.10 Å². The van der Waals surface area contributed by atoms with Crippen LogP contribution in [0.2, 0.25) is 0 Å². The maximum Gasteiger partial charge on any atom is 0.573 e.